The van der Waals surface area contributed by atoms with Gasteiger partial charge in [-0.3, -0.25) is 4.79 Å². The molecule has 0 N–H and O–H groups in total. The first kappa shape index (κ1) is 7.88. The maximum Gasteiger partial charge on any atom is 0.144 e. The Hall–Kier alpha value is -1.22. The average molecular weight is 166 g/mol. The van der Waals surface area contributed by atoms with Crippen LogP contribution in [0, 0.1) is 0 Å². The molecule has 1 aromatic rings. The Bertz CT molecular complexity index is 272. The van der Waals surface area contributed by atoms with Crippen LogP contribution in [0.4, 0.5) is 0 Å². The van der Waals surface area contributed by atoms with Gasteiger partial charge in [-0.25, -0.2) is 0 Å². The number of carbonyl (C=O) groups is 1. The minimum absolute atomic E-state index is 0.530. The van der Waals surface area contributed by atoms with Crippen molar-refractivity contribution in [1.29, 1.82) is 0 Å². The number of aldehydes is 1. The lowest BCUT2D eigenvalue weighted by Crippen LogP contribution is -1.87. The third-order valence-corrected chi connectivity index (χ3v) is 1.43. The van der Waals surface area contributed by atoms with Crippen LogP contribution in [0.5, 0.6) is 0 Å². The van der Waals surface area contributed by atoms with E-state index in [2.05, 4.69) is 0 Å². The van der Waals surface area contributed by atoms with Crippen LogP contribution < -0.4 is 0 Å². The summed E-state index contributed by atoms with van der Waals surface area (Å²) >= 11 is 4.90. The zero-order chi connectivity index (χ0) is 8.10. The van der Waals surface area contributed by atoms with Gasteiger partial charge in [0.15, 0.2) is 0 Å². The van der Waals surface area contributed by atoms with E-state index >= 15 is 0 Å². The highest BCUT2D eigenvalue weighted by molar-refractivity contribution is 7.81. The zero-order valence-electron chi connectivity index (χ0n) is 5.69. The van der Waals surface area contributed by atoms with E-state index in [0.717, 1.165) is 0 Å². The molecule has 1 rings (SSSR count). The minimum atomic E-state index is 0.530. The quantitative estimate of drug-likeness (QED) is 0.296. The topological polar surface area (TPSA) is 30.2 Å². The molecule has 0 bridgehead atoms. The van der Waals surface area contributed by atoms with Gasteiger partial charge in [0.1, 0.15) is 12.0 Å². The monoisotopic (exact) mass is 166 g/mol. The molecule has 3 heteroatoms. The second-order valence-electron chi connectivity index (χ2n) is 1.84. The van der Waals surface area contributed by atoms with Crippen LogP contribution in [0.25, 0.3) is 0 Å². The molecule has 0 saturated heterocycles. The van der Waals surface area contributed by atoms with Crippen molar-refractivity contribution in [3.63, 3.8) is 0 Å². The van der Waals surface area contributed by atoms with Gasteiger partial charge in [0.05, 0.1) is 11.1 Å². The van der Waals surface area contributed by atoms with Crippen molar-refractivity contribution in [2.75, 3.05) is 0 Å². The van der Waals surface area contributed by atoms with Crippen molar-refractivity contribution in [2.24, 2.45) is 0 Å². The van der Waals surface area contributed by atoms with E-state index in [1.54, 1.807) is 12.1 Å². The summed E-state index contributed by atoms with van der Waals surface area (Å²) in [4.78, 5) is 10.4. The number of thiocarbonyl (C=S) groups is 1. The van der Waals surface area contributed by atoms with Crippen LogP contribution in [-0.4, -0.2) is 11.2 Å². The van der Waals surface area contributed by atoms with E-state index in [1.807, 2.05) is 0 Å². The van der Waals surface area contributed by atoms with Gasteiger partial charge in [-0.05, 0) is 24.3 Å². The third-order valence-electron chi connectivity index (χ3n) is 1.09. The molecule has 2 nitrogen and oxygen atoms in total. The summed E-state index contributed by atoms with van der Waals surface area (Å²) in [6, 6.07) is 3.49. The smallest absolute Gasteiger partial charge is 0.144 e. The molecule has 0 aromatic carbocycles. The Balaban J connectivity index is 2.71. The molecule has 0 amide bonds. The Labute approximate surface area is 69.5 Å². The van der Waals surface area contributed by atoms with E-state index in [0.29, 0.717) is 16.9 Å². The molecule has 1 heterocycles. The maximum absolute atomic E-state index is 9.90. The van der Waals surface area contributed by atoms with Gasteiger partial charge in [0.25, 0.3) is 0 Å². The molecular formula is C8H6O2S. The van der Waals surface area contributed by atoms with E-state index in [4.69, 9.17) is 16.6 Å². The Morgan fingerprint density at radius 2 is 2.45 bits per heavy atom. The summed E-state index contributed by atoms with van der Waals surface area (Å²) in [6.07, 6.45) is 5.08. The van der Waals surface area contributed by atoms with Gasteiger partial charge in [-0.2, -0.15) is 0 Å². The largest absolute Gasteiger partial charge is 0.463 e. The fourth-order valence-electron chi connectivity index (χ4n) is 0.628. The number of furan rings is 1. The molecule has 56 valence electrons. The van der Waals surface area contributed by atoms with Crippen molar-refractivity contribution in [2.45, 2.75) is 0 Å². The molecular weight excluding hydrogens is 160 g/mol. The van der Waals surface area contributed by atoms with Gasteiger partial charge in [-0.15, -0.1) is 0 Å². The lowest BCUT2D eigenvalue weighted by Gasteiger charge is -1.87. The molecule has 0 spiro atoms. The fourth-order valence-corrected chi connectivity index (χ4v) is 0.822. The third kappa shape index (κ3) is 2.13. The zero-order valence-corrected chi connectivity index (χ0v) is 6.51. The van der Waals surface area contributed by atoms with E-state index in [-0.39, 0.29) is 0 Å². The minimum Gasteiger partial charge on any atom is -0.463 e. The number of hydrogen-bond donors (Lipinski definition) is 0. The highest BCUT2D eigenvalue weighted by atomic mass is 32.1. The number of rotatable bonds is 3. The standard InChI is InChI=1S/C8H6O2S/c9-5-1-4-8(11)7-3-2-6-10-7/h1-6H/b4-1-. The SMILES string of the molecule is O=C/C=C\C(=S)c1ccco1. The van der Waals surface area contributed by atoms with Crippen molar-refractivity contribution < 1.29 is 9.21 Å². The van der Waals surface area contributed by atoms with Gasteiger partial charge < -0.3 is 4.42 Å². The highest BCUT2D eigenvalue weighted by Crippen LogP contribution is 2.02. The van der Waals surface area contributed by atoms with Crippen LogP contribution in [0.3, 0.4) is 0 Å². The molecule has 11 heavy (non-hydrogen) atoms. The molecule has 1 aromatic heterocycles. The van der Waals surface area contributed by atoms with Gasteiger partial charge in [0.2, 0.25) is 0 Å². The lowest BCUT2D eigenvalue weighted by molar-refractivity contribution is -0.104. The molecule has 0 radical (unpaired) electrons. The van der Waals surface area contributed by atoms with Crippen LogP contribution in [0.1, 0.15) is 5.76 Å². The molecule has 0 fully saturated rings. The number of allylic oxidation sites excluding steroid dienone is 2. The van der Waals surface area contributed by atoms with Crippen molar-refractivity contribution in [1.82, 2.24) is 0 Å². The predicted octanol–water partition coefficient (Wildman–Crippen LogP) is 1.75. The van der Waals surface area contributed by atoms with E-state index < -0.39 is 0 Å². The summed E-state index contributed by atoms with van der Waals surface area (Å²) in [5.74, 6) is 0.609. The fraction of sp³-hybridized carbons (Fsp3) is 0. The van der Waals surface area contributed by atoms with E-state index in [1.165, 1.54) is 18.4 Å². The first-order valence-electron chi connectivity index (χ1n) is 3.04. The summed E-state index contributed by atoms with van der Waals surface area (Å²) in [7, 11) is 0. The van der Waals surface area contributed by atoms with Crippen LogP contribution >= 0.6 is 12.2 Å². The molecule has 0 aliphatic rings. The molecule has 0 aliphatic heterocycles. The molecule has 0 saturated carbocycles. The summed E-state index contributed by atoms with van der Waals surface area (Å²) in [6.45, 7) is 0. The molecule has 0 unspecified atom stereocenters. The second kappa shape index (κ2) is 3.83. The Morgan fingerprint density at radius 3 is 3.00 bits per heavy atom. The van der Waals surface area contributed by atoms with Gasteiger partial charge in [-0.1, -0.05) is 12.2 Å². The maximum atomic E-state index is 9.90. The normalized spacial score (nSPS) is 10.2. The van der Waals surface area contributed by atoms with Crippen molar-refractivity contribution in [3.05, 3.63) is 36.3 Å². The van der Waals surface area contributed by atoms with Crippen molar-refractivity contribution >= 4 is 23.4 Å². The average Bonchev–Trinajstić information content (AvgIpc) is 2.52. The first-order valence-corrected chi connectivity index (χ1v) is 3.45. The lowest BCUT2D eigenvalue weighted by atomic mass is 10.3. The van der Waals surface area contributed by atoms with Crippen LogP contribution in [-0.2, 0) is 4.79 Å². The Kier molecular flexibility index (Phi) is 2.74. The first-order chi connectivity index (χ1) is 5.34. The summed E-state index contributed by atoms with van der Waals surface area (Å²) in [5, 5.41) is 0. The number of carbonyl (C=O) groups excluding carboxylic acids is 1. The predicted molar refractivity (Wildman–Crippen MR) is 45.6 cm³/mol. The number of hydrogen-bond acceptors (Lipinski definition) is 3. The van der Waals surface area contributed by atoms with E-state index in [9.17, 15) is 4.79 Å². The molecule has 0 aliphatic carbocycles. The van der Waals surface area contributed by atoms with Crippen LogP contribution in [0.2, 0.25) is 0 Å². The molecule has 0 atom stereocenters. The van der Waals surface area contributed by atoms with Crippen LogP contribution in [0.15, 0.2) is 35.0 Å². The Morgan fingerprint density at radius 1 is 1.64 bits per heavy atom. The highest BCUT2D eigenvalue weighted by Gasteiger charge is 1.97. The second-order valence-corrected chi connectivity index (χ2v) is 2.28. The summed E-state index contributed by atoms with van der Waals surface area (Å²) in [5.41, 5.74) is 0. The van der Waals surface area contributed by atoms with Gasteiger partial charge in [0, 0.05) is 0 Å². The van der Waals surface area contributed by atoms with Gasteiger partial charge >= 0.3 is 0 Å². The summed E-state index contributed by atoms with van der Waals surface area (Å²) < 4.78 is 4.98. The van der Waals surface area contributed by atoms with Crippen molar-refractivity contribution in [3.8, 4) is 0 Å².